The van der Waals surface area contributed by atoms with Crippen LogP contribution in [0.1, 0.15) is 49.4 Å². The molecular formula is C15H20Cl2N2O. The minimum atomic E-state index is 0.00644. The van der Waals surface area contributed by atoms with Crippen molar-refractivity contribution in [2.75, 3.05) is 12.3 Å². The highest BCUT2D eigenvalue weighted by Crippen LogP contribution is 2.30. The van der Waals surface area contributed by atoms with Gasteiger partial charge in [0.05, 0.1) is 15.7 Å². The van der Waals surface area contributed by atoms with Crippen LogP contribution in [0.15, 0.2) is 12.1 Å². The van der Waals surface area contributed by atoms with Crippen LogP contribution in [0.25, 0.3) is 0 Å². The first-order valence-electron chi connectivity index (χ1n) is 7.10. The van der Waals surface area contributed by atoms with Crippen LogP contribution in [0.2, 0.25) is 10.0 Å². The molecule has 1 amide bonds. The summed E-state index contributed by atoms with van der Waals surface area (Å²) >= 11 is 12.0. The Labute approximate surface area is 130 Å². The first-order valence-corrected chi connectivity index (χ1v) is 7.85. The predicted octanol–water partition coefficient (Wildman–Crippen LogP) is 4.37. The van der Waals surface area contributed by atoms with Crippen molar-refractivity contribution in [1.29, 1.82) is 0 Å². The van der Waals surface area contributed by atoms with Gasteiger partial charge in [-0.3, -0.25) is 4.79 Å². The molecule has 110 valence electrons. The zero-order valence-corrected chi connectivity index (χ0v) is 13.2. The molecule has 0 aliphatic carbocycles. The van der Waals surface area contributed by atoms with E-state index >= 15 is 0 Å². The number of amides is 1. The summed E-state index contributed by atoms with van der Waals surface area (Å²) in [5.41, 5.74) is 6.57. The van der Waals surface area contributed by atoms with E-state index in [1.165, 1.54) is 6.42 Å². The molecule has 1 aromatic carbocycles. The molecule has 1 fully saturated rings. The second kappa shape index (κ2) is 6.68. The van der Waals surface area contributed by atoms with Crippen molar-refractivity contribution in [2.24, 2.45) is 0 Å². The number of hydrogen-bond donors (Lipinski definition) is 1. The highest BCUT2D eigenvalue weighted by atomic mass is 35.5. The summed E-state index contributed by atoms with van der Waals surface area (Å²) in [5.74, 6) is 0.00644. The third-order valence-electron chi connectivity index (χ3n) is 3.84. The number of carbonyl (C=O) groups is 1. The number of benzene rings is 1. The van der Waals surface area contributed by atoms with Gasteiger partial charge in [0.2, 0.25) is 0 Å². The third kappa shape index (κ3) is 3.21. The Morgan fingerprint density at radius 3 is 2.60 bits per heavy atom. The van der Waals surface area contributed by atoms with Gasteiger partial charge in [0, 0.05) is 18.2 Å². The normalized spacial score (nSPS) is 19.1. The summed E-state index contributed by atoms with van der Waals surface area (Å²) < 4.78 is 0. The molecule has 3 nitrogen and oxygen atoms in total. The van der Waals surface area contributed by atoms with E-state index in [2.05, 4.69) is 6.92 Å². The predicted molar refractivity (Wildman–Crippen MR) is 84.5 cm³/mol. The van der Waals surface area contributed by atoms with Crippen LogP contribution in [0.4, 0.5) is 5.69 Å². The number of piperidine rings is 1. The highest BCUT2D eigenvalue weighted by Gasteiger charge is 2.27. The monoisotopic (exact) mass is 314 g/mol. The van der Waals surface area contributed by atoms with Gasteiger partial charge in [0.1, 0.15) is 0 Å². The molecule has 1 unspecified atom stereocenters. The lowest BCUT2D eigenvalue weighted by molar-refractivity contribution is 0.0600. The summed E-state index contributed by atoms with van der Waals surface area (Å²) in [6.45, 7) is 2.96. The molecule has 0 radical (unpaired) electrons. The van der Waals surface area contributed by atoms with Crippen molar-refractivity contribution < 1.29 is 4.79 Å². The molecule has 1 aliphatic rings. The molecule has 1 saturated heterocycles. The van der Waals surface area contributed by atoms with E-state index in [0.717, 1.165) is 32.2 Å². The topological polar surface area (TPSA) is 46.3 Å². The van der Waals surface area contributed by atoms with Crippen molar-refractivity contribution in [1.82, 2.24) is 4.90 Å². The maximum absolute atomic E-state index is 12.7. The van der Waals surface area contributed by atoms with Gasteiger partial charge < -0.3 is 10.6 Å². The molecule has 2 N–H and O–H groups in total. The fourth-order valence-corrected chi connectivity index (χ4v) is 3.26. The van der Waals surface area contributed by atoms with Gasteiger partial charge in [-0.15, -0.1) is 0 Å². The molecule has 20 heavy (non-hydrogen) atoms. The molecule has 0 saturated carbocycles. The maximum atomic E-state index is 12.7. The molecule has 1 atom stereocenters. The third-order valence-corrected chi connectivity index (χ3v) is 4.46. The first kappa shape index (κ1) is 15.5. The Balaban J connectivity index is 2.25. The van der Waals surface area contributed by atoms with E-state index in [1.807, 2.05) is 4.90 Å². The second-order valence-electron chi connectivity index (χ2n) is 5.29. The lowest BCUT2D eigenvalue weighted by Gasteiger charge is -2.36. The molecular weight excluding hydrogens is 295 g/mol. The Morgan fingerprint density at radius 2 is 2.00 bits per heavy atom. The van der Waals surface area contributed by atoms with Crippen LogP contribution in [0.3, 0.4) is 0 Å². The van der Waals surface area contributed by atoms with Crippen molar-refractivity contribution in [3.63, 3.8) is 0 Å². The highest BCUT2D eigenvalue weighted by molar-refractivity contribution is 6.39. The summed E-state index contributed by atoms with van der Waals surface area (Å²) in [5, 5.41) is 0.676. The van der Waals surface area contributed by atoms with Crippen molar-refractivity contribution in [2.45, 2.75) is 45.1 Å². The van der Waals surface area contributed by atoms with Crippen LogP contribution in [0.5, 0.6) is 0 Å². The first-order chi connectivity index (χ1) is 9.54. The number of anilines is 1. The zero-order chi connectivity index (χ0) is 14.7. The van der Waals surface area contributed by atoms with Gasteiger partial charge in [0.15, 0.2) is 0 Å². The quantitative estimate of drug-likeness (QED) is 0.842. The zero-order valence-electron chi connectivity index (χ0n) is 11.7. The van der Waals surface area contributed by atoms with E-state index < -0.39 is 0 Å². The fourth-order valence-electron chi connectivity index (χ4n) is 2.77. The molecule has 2 rings (SSSR count). The molecule has 0 aromatic heterocycles. The van der Waals surface area contributed by atoms with E-state index in [-0.39, 0.29) is 5.91 Å². The van der Waals surface area contributed by atoms with E-state index in [9.17, 15) is 4.79 Å². The summed E-state index contributed by atoms with van der Waals surface area (Å²) in [6.07, 6.45) is 5.45. The lowest BCUT2D eigenvalue weighted by atomic mass is 9.97. The molecule has 1 heterocycles. The average molecular weight is 315 g/mol. The second-order valence-corrected chi connectivity index (χ2v) is 6.10. The summed E-state index contributed by atoms with van der Waals surface area (Å²) in [4.78, 5) is 14.6. The Morgan fingerprint density at radius 1 is 1.35 bits per heavy atom. The van der Waals surface area contributed by atoms with Crippen LogP contribution < -0.4 is 5.73 Å². The number of hydrogen-bond acceptors (Lipinski definition) is 2. The Bertz CT molecular complexity index is 480. The summed E-state index contributed by atoms with van der Waals surface area (Å²) in [7, 11) is 0. The van der Waals surface area contributed by atoms with Gasteiger partial charge in [-0.05, 0) is 37.8 Å². The van der Waals surface area contributed by atoms with E-state index in [0.29, 0.717) is 27.3 Å². The van der Waals surface area contributed by atoms with Crippen LogP contribution in [0, 0.1) is 0 Å². The average Bonchev–Trinajstić information content (AvgIpc) is 2.44. The van der Waals surface area contributed by atoms with Gasteiger partial charge in [0.25, 0.3) is 5.91 Å². The van der Waals surface area contributed by atoms with E-state index in [4.69, 9.17) is 28.9 Å². The molecule has 1 aromatic rings. The minimum absolute atomic E-state index is 0.00644. The fraction of sp³-hybridized carbons (Fsp3) is 0.533. The number of carbonyl (C=O) groups excluding carboxylic acids is 1. The number of nitrogens with zero attached hydrogens (tertiary/aromatic N) is 1. The van der Waals surface area contributed by atoms with Crippen LogP contribution >= 0.6 is 23.2 Å². The lowest BCUT2D eigenvalue weighted by Crippen LogP contribution is -2.43. The van der Waals surface area contributed by atoms with Crippen LogP contribution in [-0.2, 0) is 0 Å². The van der Waals surface area contributed by atoms with Crippen molar-refractivity contribution >= 4 is 34.8 Å². The van der Waals surface area contributed by atoms with E-state index in [1.54, 1.807) is 12.1 Å². The molecule has 5 heteroatoms. The standard InChI is InChI=1S/C15H20Cl2N2O/c1-2-5-11-6-3-4-7-19(11)15(20)10-8-12(16)14(18)13(17)9-10/h8-9,11H,2-7,18H2,1H3. The summed E-state index contributed by atoms with van der Waals surface area (Å²) in [6, 6.07) is 3.56. The minimum Gasteiger partial charge on any atom is -0.396 e. The Hall–Kier alpha value is -0.930. The molecule has 0 spiro atoms. The number of nitrogen functional groups attached to an aromatic ring is 1. The maximum Gasteiger partial charge on any atom is 0.254 e. The molecule has 1 aliphatic heterocycles. The smallest absolute Gasteiger partial charge is 0.254 e. The Kier molecular flexibility index (Phi) is 5.17. The van der Waals surface area contributed by atoms with Gasteiger partial charge in [-0.1, -0.05) is 36.5 Å². The number of halogens is 2. The number of likely N-dealkylation sites (tertiary alicyclic amines) is 1. The SMILES string of the molecule is CCCC1CCCCN1C(=O)c1cc(Cl)c(N)c(Cl)c1. The molecule has 0 bridgehead atoms. The number of nitrogens with two attached hydrogens (primary N) is 1. The van der Waals surface area contributed by atoms with Gasteiger partial charge in [-0.2, -0.15) is 0 Å². The largest absolute Gasteiger partial charge is 0.396 e. The number of rotatable bonds is 3. The van der Waals surface area contributed by atoms with Crippen LogP contribution in [-0.4, -0.2) is 23.4 Å². The van der Waals surface area contributed by atoms with Crippen molar-refractivity contribution in [3.8, 4) is 0 Å². The van der Waals surface area contributed by atoms with Gasteiger partial charge >= 0.3 is 0 Å². The van der Waals surface area contributed by atoms with Gasteiger partial charge in [-0.25, -0.2) is 0 Å². The van der Waals surface area contributed by atoms with Crippen molar-refractivity contribution in [3.05, 3.63) is 27.7 Å².